The molecule has 0 spiro atoms. The molecule has 1 amide bonds. The van der Waals surface area contributed by atoms with Gasteiger partial charge in [0.05, 0.1) is 6.61 Å². The summed E-state index contributed by atoms with van der Waals surface area (Å²) in [5.74, 6) is 0.490. The second-order valence-corrected chi connectivity index (χ2v) is 5.77. The SMILES string of the molecule is O=C(CCc1ccsc1)NCCCCOc1ccc(F)cc1. The Morgan fingerprint density at radius 2 is 2.00 bits per heavy atom. The summed E-state index contributed by atoms with van der Waals surface area (Å²) in [6, 6.07) is 8.03. The van der Waals surface area contributed by atoms with Crippen LogP contribution in [-0.4, -0.2) is 19.1 Å². The third-order valence-corrected chi connectivity index (χ3v) is 3.93. The van der Waals surface area contributed by atoms with E-state index in [1.54, 1.807) is 23.5 Å². The molecule has 0 unspecified atom stereocenters. The highest BCUT2D eigenvalue weighted by Crippen LogP contribution is 2.11. The van der Waals surface area contributed by atoms with Crippen LogP contribution in [0.5, 0.6) is 5.75 Å². The zero-order chi connectivity index (χ0) is 15.6. The van der Waals surface area contributed by atoms with E-state index in [0.717, 1.165) is 19.3 Å². The van der Waals surface area contributed by atoms with Crippen LogP contribution in [0.4, 0.5) is 4.39 Å². The van der Waals surface area contributed by atoms with Crippen molar-refractivity contribution in [3.63, 3.8) is 0 Å². The Kier molecular flexibility index (Phi) is 6.90. The standard InChI is InChI=1S/C17H20FNO2S/c18-15-4-6-16(7-5-15)21-11-2-1-10-19-17(20)8-3-14-9-12-22-13-14/h4-7,9,12-13H,1-3,8,10-11H2,(H,19,20). The number of benzene rings is 1. The molecule has 0 radical (unpaired) electrons. The van der Waals surface area contributed by atoms with Crippen molar-refractivity contribution < 1.29 is 13.9 Å². The van der Waals surface area contributed by atoms with Crippen LogP contribution in [-0.2, 0) is 11.2 Å². The number of rotatable bonds is 9. The molecule has 2 aromatic rings. The van der Waals surface area contributed by atoms with Crippen LogP contribution in [0.2, 0.25) is 0 Å². The van der Waals surface area contributed by atoms with E-state index < -0.39 is 0 Å². The highest BCUT2D eigenvalue weighted by Gasteiger charge is 2.02. The maximum atomic E-state index is 12.7. The topological polar surface area (TPSA) is 38.3 Å². The molecule has 0 saturated carbocycles. The van der Waals surface area contributed by atoms with Gasteiger partial charge in [0, 0.05) is 13.0 Å². The molecule has 1 N–H and O–H groups in total. The van der Waals surface area contributed by atoms with E-state index in [9.17, 15) is 9.18 Å². The number of halogens is 1. The number of ether oxygens (including phenoxy) is 1. The predicted molar refractivity (Wildman–Crippen MR) is 86.8 cm³/mol. The number of amides is 1. The second-order valence-electron chi connectivity index (χ2n) is 4.99. The molecule has 0 aliphatic heterocycles. The van der Waals surface area contributed by atoms with Crippen molar-refractivity contribution in [3.05, 3.63) is 52.5 Å². The smallest absolute Gasteiger partial charge is 0.220 e. The van der Waals surface area contributed by atoms with Gasteiger partial charge >= 0.3 is 0 Å². The number of unbranched alkanes of at least 4 members (excludes halogenated alkanes) is 1. The Morgan fingerprint density at radius 3 is 2.73 bits per heavy atom. The van der Waals surface area contributed by atoms with Crippen LogP contribution in [0.15, 0.2) is 41.1 Å². The van der Waals surface area contributed by atoms with Crippen molar-refractivity contribution in [1.29, 1.82) is 0 Å². The summed E-state index contributed by atoms with van der Waals surface area (Å²) < 4.78 is 18.2. The second kappa shape index (κ2) is 9.20. The molecule has 0 saturated heterocycles. The third kappa shape index (κ3) is 6.26. The van der Waals surface area contributed by atoms with Gasteiger partial charge in [-0.15, -0.1) is 0 Å². The van der Waals surface area contributed by atoms with Gasteiger partial charge in [-0.25, -0.2) is 4.39 Å². The van der Waals surface area contributed by atoms with Crippen molar-refractivity contribution in [3.8, 4) is 5.75 Å². The van der Waals surface area contributed by atoms with Crippen LogP contribution >= 0.6 is 11.3 Å². The fourth-order valence-corrected chi connectivity index (χ4v) is 2.66. The normalized spacial score (nSPS) is 10.4. The van der Waals surface area contributed by atoms with Gasteiger partial charge in [0.15, 0.2) is 0 Å². The molecule has 1 aromatic heterocycles. The Bertz CT molecular complexity index is 555. The fraction of sp³-hybridized carbons (Fsp3) is 0.353. The number of carbonyl (C=O) groups excluding carboxylic acids is 1. The fourth-order valence-electron chi connectivity index (χ4n) is 1.96. The van der Waals surface area contributed by atoms with Crippen LogP contribution in [0, 0.1) is 5.82 Å². The maximum Gasteiger partial charge on any atom is 0.220 e. The molecule has 118 valence electrons. The van der Waals surface area contributed by atoms with Crippen molar-refractivity contribution in [2.45, 2.75) is 25.7 Å². The Hall–Kier alpha value is -1.88. The summed E-state index contributed by atoms with van der Waals surface area (Å²) in [6.45, 7) is 1.23. The van der Waals surface area contributed by atoms with Crippen molar-refractivity contribution in [2.75, 3.05) is 13.2 Å². The Morgan fingerprint density at radius 1 is 1.18 bits per heavy atom. The van der Waals surface area contributed by atoms with Crippen molar-refractivity contribution in [2.24, 2.45) is 0 Å². The molecule has 1 aromatic carbocycles. The minimum Gasteiger partial charge on any atom is -0.494 e. The first-order valence-corrected chi connectivity index (χ1v) is 8.34. The molecule has 5 heteroatoms. The Balaban J connectivity index is 1.48. The van der Waals surface area contributed by atoms with Gasteiger partial charge in [0.2, 0.25) is 5.91 Å². The molecular formula is C17H20FNO2S. The van der Waals surface area contributed by atoms with Gasteiger partial charge in [-0.1, -0.05) is 0 Å². The largest absolute Gasteiger partial charge is 0.494 e. The molecule has 0 aliphatic carbocycles. The van der Waals surface area contributed by atoms with Crippen LogP contribution in [0.3, 0.4) is 0 Å². The minimum atomic E-state index is -0.266. The summed E-state index contributed by atoms with van der Waals surface area (Å²) in [5, 5.41) is 7.00. The van der Waals surface area contributed by atoms with E-state index in [1.807, 2.05) is 11.4 Å². The highest BCUT2D eigenvalue weighted by atomic mass is 32.1. The monoisotopic (exact) mass is 321 g/mol. The van der Waals surface area contributed by atoms with Crippen LogP contribution < -0.4 is 10.1 Å². The zero-order valence-corrected chi connectivity index (χ0v) is 13.2. The lowest BCUT2D eigenvalue weighted by Gasteiger charge is -2.07. The van der Waals surface area contributed by atoms with Gasteiger partial charge in [-0.2, -0.15) is 11.3 Å². The van der Waals surface area contributed by atoms with Gasteiger partial charge in [0.1, 0.15) is 11.6 Å². The predicted octanol–water partition coefficient (Wildman–Crippen LogP) is 3.80. The molecule has 1 heterocycles. The van der Waals surface area contributed by atoms with E-state index in [1.165, 1.54) is 17.7 Å². The van der Waals surface area contributed by atoms with Gasteiger partial charge in [0.25, 0.3) is 0 Å². The first kappa shape index (κ1) is 16.5. The van der Waals surface area contributed by atoms with E-state index in [0.29, 0.717) is 25.3 Å². The number of aryl methyl sites for hydroxylation is 1. The highest BCUT2D eigenvalue weighted by molar-refractivity contribution is 7.07. The maximum absolute atomic E-state index is 12.7. The summed E-state index contributed by atoms with van der Waals surface area (Å²) in [7, 11) is 0. The summed E-state index contributed by atoms with van der Waals surface area (Å²) in [6.07, 6.45) is 3.04. The van der Waals surface area contributed by atoms with E-state index in [2.05, 4.69) is 10.7 Å². The molecule has 0 aliphatic rings. The Labute approximate surface area is 134 Å². The number of hydrogen-bond acceptors (Lipinski definition) is 3. The number of hydrogen-bond donors (Lipinski definition) is 1. The summed E-state index contributed by atoms with van der Waals surface area (Å²) in [4.78, 5) is 11.6. The molecule has 2 rings (SSSR count). The van der Waals surface area contributed by atoms with Gasteiger partial charge in [-0.3, -0.25) is 4.79 Å². The zero-order valence-electron chi connectivity index (χ0n) is 12.4. The van der Waals surface area contributed by atoms with E-state index >= 15 is 0 Å². The van der Waals surface area contributed by atoms with Crippen LogP contribution in [0.1, 0.15) is 24.8 Å². The summed E-state index contributed by atoms with van der Waals surface area (Å²) >= 11 is 1.65. The average Bonchev–Trinajstić information content (AvgIpc) is 3.04. The number of carbonyl (C=O) groups is 1. The lowest BCUT2D eigenvalue weighted by atomic mass is 10.2. The quantitative estimate of drug-likeness (QED) is 0.714. The average molecular weight is 321 g/mol. The van der Waals surface area contributed by atoms with Crippen molar-refractivity contribution in [1.82, 2.24) is 5.32 Å². The van der Waals surface area contributed by atoms with Crippen molar-refractivity contribution >= 4 is 17.2 Å². The molecule has 0 fully saturated rings. The van der Waals surface area contributed by atoms with E-state index in [-0.39, 0.29) is 11.7 Å². The molecule has 0 atom stereocenters. The first-order valence-electron chi connectivity index (χ1n) is 7.40. The van der Waals surface area contributed by atoms with Gasteiger partial charge < -0.3 is 10.1 Å². The molecule has 0 bridgehead atoms. The van der Waals surface area contributed by atoms with E-state index in [4.69, 9.17) is 4.74 Å². The summed E-state index contributed by atoms with van der Waals surface area (Å²) in [5.41, 5.74) is 1.22. The minimum absolute atomic E-state index is 0.0886. The molecule has 3 nitrogen and oxygen atoms in total. The molecular weight excluding hydrogens is 301 g/mol. The van der Waals surface area contributed by atoms with Crippen LogP contribution in [0.25, 0.3) is 0 Å². The van der Waals surface area contributed by atoms with Gasteiger partial charge in [-0.05, 0) is 65.9 Å². The third-order valence-electron chi connectivity index (χ3n) is 3.20. The number of thiophene rings is 1. The first-order chi connectivity index (χ1) is 10.7. The lowest BCUT2D eigenvalue weighted by Crippen LogP contribution is -2.24. The molecule has 22 heavy (non-hydrogen) atoms. The number of nitrogens with one attached hydrogen (secondary N) is 1. The lowest BCUT2D eigenvalue weighted by molar-refractivity contribution is -0.121.